The van der Waals surface area contributed by atoms with Gasteiger partial charge in [0.25, 0.3) is 0 Å². The molecule has 1 aliphatic carbocycles. The quantitative estimate of drug-likeness (QED) is 0.807. The highest BCUT2D eigenvalue weighted by Gasteiger charge is 2.39. The minimum absolute atomic E-state index is 0.187. The van der Waals surface area contributed by atoms with E-state index in [1.54, 1.807) is 18.2 Å². The highest BCUT2D eigenvalue weighted by Crippen LogP contribution is 2.28. The number of nitrogens with zero attached hydrogens (tertiary/aromatic N) is 1. The van der Waals surface area contributed by atoms with E-state index in [0.29, 0.717) is 32.2 Å². The molecule has 2 N–H and O–H groups in total. The Balaban J connectivity index is 1.73. The van der Waals surface area contributed by atoms with E-state index in [-0.39, 0.29) is 16.8 Å². The van der Waals surface area contributed by atoms with Crippen molar-refractivity contribution in [2.24, 2.45) is 5.92 Å². The minimum atomic E-state index is -3.74. The Kier molecular flexibility index (Phi) is 5.62. The SMILES string of the molecule is O=C(N[C@H]1CC[C@@H](C(=O)O)C1)C1CCCCN1S(=O)(=O)c1ccccc1. The molecule has 1 aliphatic heterocycles. The second-order valence-electron chi connectivity index (χ2n) is 6.99. The van der Waals surface area contributed by atoms with Crippen LogP contribution in [0.1, 0.15) is 38.5 Å². The number of hydrogen-bond acceptors (Lipinski definition) is 4. The minimum Gasteiger partial charge on any atom is -0.481 e. The Bertz CT molecular complexity index is 765. The van der Waals surface area contributed by atoms with Crippen LogP contribution in [0.15, 0.2) is 35.2 Å². The first-order valence-corrected chi connectivity index (χ1v) is 10.4. The zero-order valence-corrected chi connectivity index (χ0v) is 15.3. The second kappa shape index (κ2) is 7.75. The van der Waals surface area contributed by atoms with E-state index >= 15 is 0 Å². The van der Waals surface area contributed by atoms with E-state index < -0.39 is 28.0 Å². The number of amides is 1. The average molecular weight is 380 g/mol. The molecule has 7 nitrogen and oxygen atoms in total. The zero-order valence-electron chi connectivity index (χ0n) is 14.5. The van der Waals surface area contributed by atoms with Crippen LogP contribution in [0.5, 0.6) is 0 Å². The fourth-order valence-corrected chi connectivity index (χ4v) is 5.49. The number of piperidine rings is 1. The van der Waals surface area contributed by atoms with Gasteiger partial charge in [-0.25, -0.2) is 8.42 Å². The summed E-state index contributed by atoms with van der Waals surface area (Å²) in [5.41, 5.74) is 0. The summed E-state index contributed by atoms with van der Waals surface area (Å²) in [5, 5.41) is 12.0. The van der Waals surface area contributed by atoms with E-state index in [2.05, 4.69) is 5.32 Å². The van der Waals surface area contributed by atoms with Gasteiger partial charge in [-0.3, -0.25) is 9.59 Å². The van der Waals surface area contributed by atoms with Gasteiger partial charge in [-0.2, -0.15) is 4.31 Å². The Morgan fingerprint density at radius 3 is 2.46 bits per heavy atom. The predicted octanol–water partition coefficient (Wildman–Crippen LogP) is 1.60. The summed E-state index contributed by atoms with van der Waals surface area (Å²) >= 11 is 0. The molecule has 1 unspecified atom stereocenters. The van der Waals surface area contributed by atoms with Gasteiger partial charge in [0.1, 0.15) is 6.04 Å². The summed E-state index contributed by atoms with van der Waals surface area (Å²) in [7, 11) is -3.74. The third kappa shape index (κ3) is 3.91. The van der Waals surface area contributed by atoms with E-state index in [4.69, 9.17) is 5.11 Å². The number of aliphatic carboxylic acids is 1. The maximum atomic E-state index is 12.9. The zero-order chi connectivity index (χ0) is 18.7. The van der Waals surface area contributed by atoms with E-state index in [0.717, 1.165) is 12.8 Å². The molecule has 1 saturated heterocycles. The highest BCUT2D eigenvalue weighted by molar-refractivity contribution is 7.89. The van der Waals surface area contributed by atoms with Gasteiger partial charge >= 0.3 is 5.97 Å². The summed E-state index contributed by atoms with van der Waals surface area (Å²) in [6.45, 7) is 0.317. The van der Waals surface area contributed by atoms with Crippen molar-refractivity contribution in [2.75, 3.05) is 6.54 Å². The third-order valence-corrected chi connectivity index (χ3v) is 7.16. The summed E-state index contributed by atoms with van der Waals surface area (Å²) < 4.78 is 27.2. The molecule has 142 valence electrons. The summed E-state index contributed by atoms with van der Waals surface area (Å²) in [5.74, 6) is -1.59. The second-order valence-corrected chi connectivity index (χ2v) is 8.88. The largest absolute Gasteiger partial charge is 0.481 e. The third-order valence-electron chi connectivity index (χ3n) is 5.23. The van der Waals surface area contributed by atoms with Crippen LogP contribution >= 0.6 is 0 Å². The number of rotatable bonds is 5. The molecule has 0 bridgehead atoms. The molecule has 26 heavy (non-hydrogen) atoms. The van der Waals surface area contributed by atoms with Gasteiger partial charge < -0.3 is 10.4 Å². The monoisotopic (exact) mass is 380 g/mol. The number of carbonyl (C=O) groups excluding carboxylic acids is 1. The molecule has 8 heteroatoms. The van der Waals surface area contributed by atoms with Crippen molar-refractivity contribution < 1.29 is 23.1 Å². The lowest BCUT2D eigenvalue weighted by Crippen LogP contribution is -2.53. The van der Waals surface area contributed by atoms with E-state index in [9.17, 15) is 18.0 Å². The molecule has 1 aromatic rings. The first kappa shape index (κ1) is 18.8. The number of nitrogens with one attached hydrogen (secondary N) is 1. The predicted molar refractivity (Wildman–Crippen MR) is 94.9 cm³/mol. The molecule has 3 rings (SSSR count). The van der Waals surface area contributed by atoms with Crippen molar-refractivity contribution in [1.82, 2.24) is 9.62 Å². The fourth-order valence-electron chi connectivity index (χ4n) is 3.82. The Morgan fingerprint density at radius 2 is 1.81 bits per heavy atom. The number of hydrogen-bond donors (Lipinski definition) is 2. The number of carboxylic acids is 1. The van der Waals surface area contributed by atoms with Crippen molar-refractivity contribution in [3.05, 3.63) is 30.3 Å². The van der Waals surface area contributed by atoms with Crippen LogP contribution in [0.2, 0.25) is 0 Å². The maximum absolute atomic E-state index is 12.9. The lowest BCUT2D eigenvalue weighted by molar-refractivity contribution is -0.141. The molecule has 1 saturated carbocycles. The van der Waals surface area contributed by atoms with Gasteiger partial charge in [0.2, 0.25) is 15.9 Å². The van der Waals surface area contributed by atoms with E-state index in [1.165, 1.54) is 16.4 Å². The number of sulfonamides is 1. The van der Waals surface area contributed by atoms with Crippen LogP contribution in [0.3, 0.4) is 0 Å². The molecule has 0 radical (unpaired) electrons. The van der Waals surface area contributed by atoms with Gasteiger partial charge in [0, 0.05) is 12.6 Å². The molecular weight excluding hydrogens is 356 g/mol. The van der Waals surface area contributed by atoms with Crippen molar-refractivity contribution in [3.63, 3.8) is 0 Å². The lowest BCUT2D eigenvalue weighted by atomic mass is 10.0. The topological polar surface area (TPSA) is 104 Å². The first-order chi connectivity index (χ1) is 12.4. The highest BCUT2D eigenvalue weighted by atomic mass is 32.2. The fraction of sp³-hybridized carbons (Fsp3) is 0.556. The molecular formula is C18H24N2O5S. The van der Waals surface area contributed by atoms with Crippen LogP contribution in [0.4, 0.5) is 0 Å². The smallest absolute Gasteiger partial charge is 0.306 e. The molecule has 0 spiro atoms. The van der Waals surface area contributed by atoms with Crippen molar-refractivity contribution >= 4 is 21.9 Å². The van der Waals surface area contributed by atoms with Crippen molar-refractivity contribution in [1.29, 1.82) is 0 Å². The van der Waals surface area contributed by atoms with Gasteiger partial charge in [-0.05, 0) is 44.2 Å². The van der Waals surface area contributed by atoms with E-state index in [1.807, 2.05) is 0 Å². The molecule has 1 aromatic carbocycles. The summed E-state index contributed by atoms with van der Waals surface area (Å²) in [4.78, 5) is 24.0. The Labute approximate surface area is 153 Å². The van der Waals surface area contributed by atoms with Gasteiger partial charge in [-0.1, -0.05) is 24.6 Å². The number of carboxylic acid groups (broad SMARTS) is 1. The van der Waals surface area contributed by atoms with Crippen LogP contribution in [0, 0.1) is 5.92 Å². The molecule has 1 heterocycles. The van der Waals surface area contributed by atoms with Gasteiger partial charge in [0.05, 0.1) is 10.8 Å². The van der Waals surface area contributed by atoms with Crippen LogP contribution in [-0.2, 0) is 19.6 Å². The van der Waals surface area contributed by atoms with Gasteiger partial charge in [-0.15, -0.1) is 0 Å². The normalized spacial score (nSPS) is 27.2. The van der Waals surface area contributed by atoms with Gasteiger partial charge in [0.15, 0.2) is 0 Å². The molecule has 1 amide bonds. The first-order valence-electron chi connectivity index (χ1n) is 8.99. The molecule has 3 atom stereocenters. The van der Waals surface area contributed by atoms with Crippen LogP contribution < -0.4 is 5.32 Å². The summed E-state index contributed by atoms with van der Waals surface area (Å²) in [6, 6.07) is 7.20. The maximum Gasteiger partial charge on any atom is 0.306 e. The van der Waals surface area contributed by atoms with Crippen molar-refractivity contribution in [2.45, 2.75) is 55.5 Å². The van der Waals surface area contributed by atoms with Crippen LogP contribution in [-0.4, -0.2) is 48.3 Å². The van der Waals surface area contributed by atoms with Crippen molar-refractivity contribution in [3.8, 4) is 0 Å². The molecule has 0 aromatic heterocycles. The molecule has 2 aliphatic rings. The average Bonchev–Trinajstić information content (AvgIpc) is 3.11. The summed E-state index contributed by atoms with van der Waals surface area (Å²) in [6.07, 6.45) is 3.55. The lowest BCUT2D eigenvalue weighted by Gasteiger charge is -2.34. The molecule has 2 fully saturated rings. The van der Waals surface area contributed by atoms with Crippen LogP contribution in [0.25, 0.3) is 0 Å². The number of benzene rings is 1. The standard InChI is InChI=1S/C18H24N2O5S/c21-17(19-14-10-9-13(12-14)18(22)23)16-8-4-5-11-20(16)26(24,25)15-6-2-1-3-7-15/h1-3,6-7,13-14,16H,4-5,8-12H2,(H,19,21)(H,22,23)/t13-,14+,16?/m1/s1. The Hall–Kier alpha value is -1.93. The Morgan fingerprint density at radius 1 is 1.08 bits per heavy atom. The number of carbonyl (C=O) groups is 2.